The number of carbonyl (C=O) groups excluding carboxylic acids is 1. The second kappa shape index (κ2) is 10.5. The van der Waals surface area contributed by atoms with Gasteiger partial charge >= 0.3 is 0 Å². The molecule has 1 N–H and O–H groups in total. The minimum Gasteiger partial charge on any atom is -0.368 e. The summed E-state index contributed by atoms with van der Waals surface area (Å²) in [6.07, 6.45) is 4.49. The second-order valence-electron chi connectivity index (χ2n) is 8.16. The van der Waals surface area contributed by atoms with Crippen LogP contribution < -0.4 is 20.7 Å². The molecule has 1 amide bonds. The lowest BCUT2D eigenvalue weighted by molar-refractivity contribution is -0.116. The zero-order chi connectivity index (χ0) is 24.9. The largest absolute Gasteiger partial charge is 0.368 e. The minimum atomic E-state index is -0.571. The van der Waals surface area contributed by atoms with Crippen molar-refractivity contribution >= 4 is 40.7 Å². The first-order valence-electron chi connectivity index (χ1n) is 11.2. The summed E-state index contributed by atoms with van der Waals surface area (Å²) < 4.78 is 1.45. The average molecular weight is 489 g/mol. The molecule has 9 heteroatoms. The summed E-state index contributed by atoms with van der Waals surface area (Å²) >= 11 is 6.16. The highest BCUT2D eigenvalue weighted by Crippen LogP contribution is 2.25. The summed E-state index contributed by atoms with van der Waals surface area (Å²) in [5, 5.41) is 12.9. The Labute approximate surface area is 208 Å². The van der Waals surface area contributed by atoms with E-state index in [1.807, 2.05) is 48.2 Å². The number of piperazine rings is 1. The number of amides is 1. The van der Waals surface area contributed by atoms with E-state index in [9.17, 15) is 14.9 Å². The Balaban J connectivity index is 1.75. The van der Waals surface area contributed by atoms with Crippen LogP contribution in [-0.2, 0) is 4.79 Å². The third kappa shape index (κ3) is 5.05. The van der Waals surface area contributed by atoms with Gasteiger partial charge in [0.2, 0.25) is 0 Å². The fourth-order valence-corrected chi connectivity index (χ4v) is 4.25. The molecule has 3 aromatic rings. The van der Waals surface area contributed by atoms with Gasteiger partial charge in [0.1, 0.15) is 23.1 Å². The van der Waals surface area contributed by atoms with E-state index in [0.29, 0.717) is 42.7 Å². The van der Waals surface area contributed by atoms with E-state index in [-0.39, 0.29) is 23.2 Å². The molecule has 1 aliphatic rings. The maximum atomic E-state index is 13.5. The number of fused-ring (bicyclic) bond motifs is 1. The monoisotopic (exact) mass is 488 g/mol. The Kier molecular flexibility index (Phi) is 7.18. The van der Waals surface area contributed by atoms with Gasteiger partial charge in [-0.1, -0.05) is 29.8 Å². The molecule has 0 atom stereocenters. The van der Waals surface area contributed by atoms with Gasteiger partial charge in [-0.05, 0) is 42.8 Å². The SMILES string of the molecule is C=CCNC(=O)/C(C#N)=C/c1c(N2CCN(c3cccc(Cl)c3)CC2)nc2c(C)cccn2c1=O. The van der Waals surface area contributed by atoms with Crippen LogP contribution in [0.4, 0.5) is 11.5 Å². The van der Waals surface area contributed by atoms with Gasteiger partial charge in [0.25, 0.3) is 11.5 Å². The van der Waals surface area contributed by atoms with Gasteiger partial charge in [0, 0.05) is 49.6 Å². The molecule has 1 aliphatic heterocycles. The lowest BCUT2D eigenvalue weighted by atomic mass is 10.1. The highest BCUT2D eigenvalue weighted by Gasteiger charge is 2.24. The molecule has 0 radical (unpaired) electrons. The van der Waals surface area contributed by atoms with Crippen LogP contribution >= 0.6 is 11.6 Å². The Morgan fingerprint density at radius 2 is 1.97 bits per heavy atom. The van der Waals surface area contributed by atoms with Crippen molar-refractivity contribution in [1.29, 1.82) is 5.26 Å². The van der Waals surface area contributed by atoms with E-state index in [4.69, 9.17) is 16.6 Å². The Bertz CT molecular complexity index is 1410. The van der Waals surface area contributed by atoms with Crippen LogP contribution in [0.5, 0.6) is 0 Å². The number of hydrogen-bond donors (Lipinski definition) is 1. The number of rotatable bonds is 6. The molecule has 0 saturated carbocycles. The third-order valence-electron chi connectivity index (χ3n) is 5.88. The second-order valence-corrected chi connectivity index (χ2v) is 8.60. The van der Waals surface area contributed by atoms with Crippen LogP contribution in [0.1, 0.15) is 11.1 Å². The van der Waals surface area contributed by atoms with Gasteiger partial charge in [0.05, 0.1) is 5.56 Å². The van der Waals surface area contributed by atoms with Crippen LogP contribution in [0, 0.1) is 18.3 Å². The van der Waals surface area contributed by atoms with Crippen molar-refractivity contribution in [2.75, 3.05) is 42.5 Å². The summed E-state index contributed by atoms with van der Waals surface area (Å²) in [6.45, 7) is 8.27. The fourth-order valence-electron chi connectivity index (χ4n) is 4.07. The van der Waals surface area contributed by atoms with E-state index in [1.54, 1.807) is 12.3 Å². The van der Waals surface area contributed by atoms with E-state index in [1.165, 1.54) is 16.6 Å². The molecular weight excluding hydrogens is 464 g/mol. The minimum absolute atomic E-state index is 0.169. The maximum Gasteiger partial charge on any atom is 0.267 e. The number of benzene rings is 1. The molecule has 1 aromatic carbocycles. The van der Waals surface area contributed by atoms with Crippen molar-refractivity contribution in [3.63, 3.8) is 0 Å². The molecule has 35 heavy (non-hydrogen) atoms. The van der Waals surface area contributed by atoms with Crippen molar-refractivity contribution in [2.24, 2.45) is 0 Å². The van der Waals surface area contributed by atoms with Gasteiger partial charge in [-0.15, -0.1) is 6.58 Å². The number of aryl methyl sites for hydroxylation is 1. The van der Waals surface area contributed by atoms with Gasteiger partial charge in [-0.3, -0.25) is 14.0 Å². The standard InChI is InChI=1S/C26H25ClN6O2/c1-3-9-29-25(34)19(17-28)15-22-24(30-23-18(2)6-5-10-33(23)26(22)35)32-13-11-31(12-14-32)21-8-4-7-20(27)16-21/h3-8,10,15-16H,1,9,11-14H2,2H3,(H,29,34)/b19-15+. The Hall–Kier alpha value is -4.09. The molecule has 4 rings (SSSR count). The highest BCUT2D eigenvalue weighted by molar-refractivity contribution is 6.30. The molecule has 2 aromatic heterocycles. The summed E-state index contributed by atoms with van der Waals surface area (Å²) in [4.78, 5) is 35.1. The molecule has 1 saturated heterocycles. The molecule has 3 heterocycles. The summed E-state index contributed by atoms with van der Waals surface area (Å²) in [5.41, 5.74) is 2.12. The van der Waals surface area contributed by atoms with E-state index >= 15 is 0 Å². The summed E-state index contributed by atoms with van der Waals surface area (Å²) in [5.74, 6) is -0.114. The highest BCUT2D eigenvalue weighted by atomic mass is 35.5. The topological polar surface area (TPSA) is 93.7 Å². The zero-order valence-corrected chi connectivity index (χ0v) is 20.1. The predicted octanol–water partition coefficient (Wildman–Crippen LogP) is 3.19. The maximum absolute atomic E-state index is 13.5. The first kappa shape index (κ1) is 24.0. The molecule has 1 fully saturated rings. The van der Waals surface area contributed by atoms with Crippen LogP contribution in [0.25, 0.3) is 11.7 Å². The quantitative estimate of drug-likeness (QED) is 0.325. The first-order valence-corrected chi connectivity index (χ1v) is 11.6. The van der Waals surface area contributed by atoms with Crippen LogP contribution in [-0.4, -0.2) is 48.0 Å². The smallest absolute Gasteiger partial charge is 0.267 e. The molecular formula is C26H25ClN6O2. The summed E-state index contributed by atoms with van der Waals surface area (Å²) in [7, 11) is 0. The predicted molar refractivity (Wildman–Crippen MR) is 139 cm³/mol. The number of pyridine rings is 1. The molecule has 0 spiro atoms. The fraction of sp³-hybridized carbons (Fsp3) is 0.231. The average Bonchev–Trinajstić information content (AvgIpc) is 2.87. The van der Waals surface area contributed by atoms with Gasteiger partial charge < -0.3 is 15.1 Å². The lowest BCUT2D eigenvalue weighted by Crippen LogP contribution is -2.47. The first-order chi connectivity index (χ1) is 16.9. The van der Waals surface area contributed by atoms with Gasteiger partial charge in [-0.2, -0.15) is 5.26 Å². The van der Waals surface area contributed by atoms with Crippen molar-refractivity contribution < 1.29 is 4.79 Å². The van der Waals surface area contributed by atoms with Crippen LogP contribution in [0.2, 0.25) is 5.02 Å². The van der Waals surface area contributed by atoms with Crippen molar-refractivity contribution in [2.45, 2.75) is 6.92 Å². The molecule has 0 unspecified atom stereocenters. The Morgan fingerprint density at radius 1 is 1.23 bits per heavy atom. The number of anilines is 2. The molecule has 178 valence electrons. The number of halogens is 1. The number of nitrogens with zero attached hydrogens (tertiary/aromatic N) is 5. The van der Waals surface area contributed by atoms with Crippen LogP contribution in [0.3, 0.4) is 0 Å². The number of aromatic nitrogens is 2. The summed E-state index contributed by atoms with van der Waals surface area (Å²) in [6, 6.07) is 13.3. The van der Waals surface area contributed by atoms with Crippen LogP contribution in [0.15, 0.2) is 65.6 Å². The van der Waals surface area contributed by atoms with Crippen molar-refractivity contribution in [3.8, 4) is 6.07 Å². The molecule has 8 nitrogen and oxygen atoms in total. The number of nitriles is 1. The van der Waals surface area contributed by atoms with Crippen molar-refractivity contribution in [1.82, 2.24) is 14.7 Å². The molecule has 0 aliphatic carbocycles. The van der Waals surface area contributed by atoms with Gasteiger partial charge in [0.15, 0.2) is 0 Å². The number of nitrogens with one attached hydrogen (secondary N) is 1. The van der Waals surface area contributed by atoms with E-state index < -0.39 is 5.91 Å². The normalized spacial score (nSPS) is 14.0. The van der Waals surface area contributed by atoms with Gasteiger partial charge in [-0.25, -0.2) is 4.98 Å². The Morgan fingerprint density at radius 3 is 2.66 bits per heavy atom. The number of carbonyl (C=O) groups is 1. The number of hydrogen-bond acceptors (Lipinski definition) is 6. The lowest BCUT2D eigenvalue weighted by Gasteiger charge is -2.37. The zero-order valence-electron chi connectivity index (χ0n) is 19.4. The van der Waals surface area contributed by atoms with E-state index in [0.717, 1.165) is 11.3 Å². The third-order valence-corrected chi connectivity index (χ3v) is 6.11. The molecule has 0 bridgehead atoms. The van der Waals surface area contributed by atoms with E-state index in [2.05, 4.69) is 16.8 Å². The van der Waals surface area contributed by atoms with Crippen molar-refractivity contribution in [3.05, 3.63) is 87.3 Å².